The lowest BCUT2D eigenvalue weighted by Gasteiger charge is -2.37. The molecular weight excluding hydrogens is 294 g/mol. The lowest BCUT2D eigenvalue weighted by atomic mass is 9.93. The average Bonchev–Trinajstić information content (AvgIpc) is 3.03. The van der Waals surface area contributed by atoms with E-state index in [1.54, 1.807) is 18.7 Å². The van der Waals surface area contributed by atoms with Crippen LogP contribution in [0.25, 0.3) is 21.9 Å². The second kappa shape index (κ2) is 5.19. The number of hydrogen-bond donors (Lipinski definition) is 2. The maximum absolute atomic E-state index is 11.4. The fourth-order valence-electron chi connectivity index (χ4n) is 3.36. The van der Waals surface area contributed by atoms with E-state index in [4.69, 9.17) is 0 Å². The number of nitrogens with zero attached hydrogens (tertiary/aromatic N) is 4. The first-order valence-corrected chi connectivity index (χ1v) is 7.71. The molecule has 0 amide bonds. The van der Waals surface area contributed by atoms with Crippen molar-refractivity contribution in [3.8, 4) is 0 Å². The number of anilines is 1. The Morgan fingerprint density at radius 2 is 2.22 bits per heavy atom. The summed E-state index contributed by atoms with van der Waals surface area (Å²) in [6.07, 6.45) is 6.66. The molecule has 0 aliphatic carbocycles. The molecule has 4 heterocycles. The number of aliphatic carboxylic acids is 1. The third kappa shape index (κ3) is 2.19. The molecular formula is C16H17N5O2. The van der Waals surface area contributed by atoms with Crippen molar-refractivity contribution >= 4 is 33.7 Å². The SMILES string of the molecule is CC1CCC(C(=O)O)CN1c1nc[nH]c2cnc3nccc3c12. The highest BCUT2D eigenvalue weighted by atomic mass is 16.4. The summed E-state index contributed by atoms with van der Waals surface area (Å²) in [5.41, 5.74) is 1.56. The number of carbonyl (C=O) groups is 1. The molecule has 0 saturated carbocycles. The Hall–Kier alpha value is -2.70. The Balaban J connectivity index is 1.90. The molecule has 0 bridgehead atoms. The van der Waals surface area contributed by atoms with Gasteiger partial charge in [0.05, 0.1) is 29.3 Å². The van der Waals surface area contributed by atoms with Gasteiger partial charge in [-0.2, -0.15) is 0 Å². The number of H-pyrrole nitrogens is 1. The van der Waals surface area contributed by atoms with Crippen LogP contribution in [0.1, 0.15) is 19.8 Å². The first kappa shape index (κ1) is 13.9. The standard InChI is InChI=1S/C16H17N5O2/c1-9-2-3-10(16(22)23)7-21(9)15-13-11-4-5-17-14(11)18-6-12(13)19-8-20-15/h4-6,8-10H,2-3,7H2,1H3,(H,19,20)(H,22,23). The number of carboxylic acid groups (broad SMARTS) is 1. The number of pyridine rings is 1. The van der Waals surface area contributed by atoms with Crippen molar-refractivity contribution in [2.75, 3.05) is 11.4 Å². The molecule has 1 aliphatic heterocycles. The van der Waals surface area contributed by atoms with Gasteiger partial charge < -0.3 is 15.0 Å². The first-order valence-electron chi connectivity index (χ1n) is 7.71. The van der Waals surface area contributed by atoms with Gasteiger partial charge in [0.25, 0.3) is 0 Å². The van der Waals surface area contributed by atoms with E-state index in [1.807, 2.05) is 6.07 Å². The Morgan fingerprint density at radius 1 is 1.35 bits per heavy atom. The second-order valence-electron chi connectivity index (χ2n) is 6.07. The zero-order chi connectivity index (χ0) is 16.0. The van der Waals surface area contributed by atoms with E-state index >= 15 is 0 Å². The van der Waals surface area contributed by atoms with Crippen LogP contribution in [-0.2, 0) is 4.79 Å². The molecule has 0 aromatic carbocycles. The van der Waals surface area contributed by atoms with Crippen LogP contribution in [-0.4, -0.2) is 43.6 Å². The van der Waals surface area contributed by atoms with Gasteiger partial charge in [-0.1, -0.05) is 0 Å². The molecule has 23 heavy (non-hydrogen) atoms. The predicted octanol–water partition coefficient (Wildman–Crippen LogP) is 2.20. The molecule has 1 aliphatic rings. The smallest absolute Gasteiger partial charge is 0.308 e. The second-order valence-corrected chi connectivity index (χ2v) is 6.07. The molecule has 0 spiro atoms. The summed E-state index contributed by atoms with van der Waals surface area (Å²) in [6.45, 7) is 2.59. The van der Waals surface area contributed by atoms with E-state index in [0.29, 0.717) is 18.6 Å². The normalized spacial score (nSPS) is 21.9. The van der Waals surface area contributed by atoms with Gasteiger partial charge in [0.15, 0.2) is 5.65 Å². The zero-order valence-electron chi connectivity index (χ0n) is 12.7. The van der Waals surface area contributed by atoms with E-state index in [1.165, 1.54) is 0 Å². The largest absolute Gasteiger partial charge is 0.481 e. The van der Waals surface area contributed by atoms with Gasteiger partial charge in [0.2, 0.25) is 0 Å². The Kier molecular flexibility index (Phi) is 3.14. The molecule has 118 valence electrons. The van der Waals surface area contributed by atoms with Gasteiger partial charge in [-0.25, -0.2) is 15.0 Å². The van der Waals surface area contributed by atoms with Gasteiger partial charge in [-0.05, 0) is 25.8 Å². The van der Waals surface area contributed by atoms with Gasteiger partial charge >= 0.3 is 5.97 Å². The topological polar surface area (TPSA) is 95.0 Å². The van der Waals surface area contributed by atoms with Crippen LogP contribution in [0, 0.1) is 5.92 Å². The van der Waals surface area contributed by atoms with Gasteiger partial charge in [-0.3, -0.25) is 4.79 Å². The van der Waals surface area contributed by atoms with Crippen LogP contribution in [0.15, 0.2) is 24.8 Å². The van der Waals surface area contributed by atoms with Crippen molar-refractivity contribution in [2.24, 2.45) is 5.92 Å². The van der Waals surface area contributed by atoms with Crippen LogP contribution in [0.2, 0.25) is 0 Å². The highest BCUT2D eigenvalue weighted by molar-refractivity contribution is 6.09. The number of nitrogens with one attached hydrogen (secondary N) is 1. The van der Waals surface area contributed by atoms with Crippen molar-refractivity contribution in [2.45, 2.75) is 25.8 Å². The van der Waals surface area contributed by atoms with Gasteiger partial charge in [-0.15, -0.1) is 0 Å². The molecule has 3 aromatic heterocycles. The van der Waals surface area contributed by atoms with E-state index in [-0.39, 0.29) is 12.0 Å². The third-order valence-electron chi connectivity index (χ3n) is 4.67. The third-order valence-corrected chi connectivity index (χ3v) is 4.67. The summed E-state index contributed by atoms with van der Waals surface area (Å²) in [5.74, 6) is -0.296. The summed E-state index contributed by atoms with van der Waals surface area (Å²) in [7, 11) is 0. The number of piperidine rings is 1. The minimum Gasteiger partial charge on any atom is -0.481 e. The average molecular weight is 311 g/mol. The van der Waals surface area contributed by atoms with Crippen LogP contribution in [0.5, 0.6) is 0 Å². The Bertz CT molecular complexity index is 890. The molecule has 7 nitrogen and oxygen atoms in total. The zero-order valence-corrected chi connectivity index (χ0v) is 12.7. The predicted molar refractivity (Wildman–Crippen MR) is 86.4 cm³/mol. The van der Waals surface area contributed by atoms with E-state index in [2.05, 4.69) is 31.8 Å². The molecule has 3 aromatic rings. The quantitative estimate of drug-likeness (QED) is 0.753. The fourth-order valence-corrected chi connectivity index (χ4v) is 3.36. The maximum atomic E-state index is 11.4. The number of aromatic nitrogens is 4. The van der Waals surface area contributed by atoms with Crippen LogP contribution < -0.4 is 4.90 Å². The lowest BCUT2D eigenvalue weighted by Crippen LogP contribution is -2.44. The number of carboxylic acids is 1. The van der Waals surface area contributed by atoms with Crippen molar-refractivity contribution in [3.63, 3.8) is 0 Å². The minimum atomic E-state index is -0.740. The summed E-state index contributed by atoms with van der Waals surface area (Å²) < 4.78 is 0. The molecule has 1 fully saturated rings. The fraction of sp³-hybridized carbons (Fsp3) is 0.375. The Morgan fingerprint density at radius 3 is 3.04 bits per heavy atom. The lowest BCUT2D eigenvalue weighted by molar-refractivity contribution is -0.142. The van der Waals surface area contributed by atoms with Crippen LogP contribution in [0.4, 0.5) is 5.82 Å². The number of hydrogen-bond acceptors (Lipinski definition) is 5. The van der Waals surface area contributed by atoms with E-state index < -0.39 is 5.97 Å². The van der Waals surface area contributed by atoms with E-state index in [9.17, 15) is 9.90 Å². The van der Waals surface area contributed by atoms with E-state index in [0.717, 1.165) is 28.5 Å². The molecule has 2 unspecified atom stereocenters. The van der Waals surface area contributed by atoms with Crippen molar-refractivity contribution in [1.29, 1.82) is 0 Å². The monoisotopic (exact) mass is 311 g/mol. The van der Waals surface area contributed by atoms with Crippen molar-refractivity contribution in [3.05, 3.63) is 24.8 Å². The summed E-state index contributed by atoms with van der Waals surface area (Å²) in [6, 6.07) is 2.17. The van der Waals surface area contributed by atoms with Gasteiger partial charge in [0.1, 0.15) is 5.82 Å². The number of rotatable bonds is 2. The maximum Gasteiger partial charge on any atom is 0.308 e. The Labute approximate surface area is 132 Å². The molecule has 2 N–H and O–H groups in total. The summed E-state index contributed by atoms with van der Waals surface area (Å²) >= 11 is 0. The molecule has 7 heteroatoms. The number of aromatic amines is 1. The first-order chi connectivity index (χ1) is 11.1. The molecule has 0 radical (unpaired) electrons. The minimum absolute atomic E-state index is 0.245. The number of fused-ring (bicyclic) bond motifs is 3. The van der Waals surface area contributed by atoms with Crippen molar-refractivity contribution in [1.82, 2.24) is 19.9 Å². The summed E-state index contributed by atoms with van der Waals surface area (Å²) in [4.78, 5) is 29.7. The highest BCUT2D eigenvalue weighted by Crippen LogP contribution is 2.33. The molecule has 1 saturated heterocycles. The molecule has 2 atom stereocenters. The van der Waals surface area contributed by atoms with Crippen molar-refractivity contribution < 1.29 is 9.90 Å². The van der Waals surface area contributed by atoms with Gasteiger partial charge in [0, 0.05) is 24.2 Å². The molecule has 4 rings (SSSR count). The highest BCUT2D eigenvalue weighted by Gasteiger charge is 2.31. The van der Waals surface area contributed by atoms with Crippen LogP contribution >= 0.6 is 0 Å². The van der Waals surface area contributed by atoms with Crippen LogP contribution in [0.3, 0.4) is 0 Å². The summed E-state index contributed by atoms with van der Waals surface area (Å²) in [5, 5.41) is 11.3.